The zero-order valence-corrected chi connectivity index (χ0v) is 14.8. The number of esters is 1. The monoisotopic (exact) mass is 347 g/mol. The van der Waals surface area contributed by atoms with Crippen LogP contribution in [0.1, 0.15) is 38.7 Å². The molecule has 0 spiro atoms. The first kappa shape index (κ1) is 19.0. The van der Waals surface area contributed by atoms with Gasteiger partial charge in [0.25, 0.3) is 0 Å². The molecular weight excluding hydrogens is 322 g/mol. The summed E-state index contributed by atoms with van der Waals surface area (Å²) in [5.41, 5.74) is 0.915. The third-order valence-corrected chi connectivity index (χ3v) is 4.17. The van der Waals surface area contributed by atoms with Crippen LogP contribution >= 0.6 is 0 Å². The van der Waals surface area contributed by atoms with E-state index in [1.54, 1.807) is 11.8 Å². The van der Waals surface area contributed by atoms with Crippen molar-refractivity contribution in [2.75, 3.05) is 13.2 Å². The Kier molecular flexibility index (Phi) is 6.98. The third kappa shape index (κ3) is 5.89. The molecular formula is C19H25NO5. The quantitative estimate of drug-likeness (QED) is 0.560. The van der Waals surface area contributed by atoms with Gasteiger partial charge in [-0.2, -0.15) is 0 Å². The second kappa shape index (κ2) is 9.20. The Balaban J connectivity index is 1.88. The van der Waals surface area contributed by atoms with Gasteiger partial charge in [-0.1, -0.05) is 37.3 Å². The summed E-state index contributed by atoms with van der Waals surface area (Å²) in [7, 11) is 0. The maximum atomic E-state index is 12.4. The van der Waals surface area contributed by atoms with Crippen LogP contribution < -0.4 is 0 Å². The van der Waals surface area contributed by atoms with Crippen LogP contribution in [0.4, 0.5) is 4.79 Å². The smallest absolute Gasteiger partial charge is 0.410 e. The highest BCUT2D eigenvalue weighted by molar-refractivity contribution is 5.96. The lowest BCUT2D eigenvalue weighted by Gasteiger charge is -2.23. The van der Waals surface area contributed by atoms with Crippen LogP contribution in [0.3, 0.4) is 0 Å². The molecule has 0 aliphatic carbocycles. The number of Topliss-reactive ketones (excluding diaryl/α,β-unsaturated/α-hetero) is 1. The normalized spacial score (nSPS) is 19.5. The first-order valence-electron chi connectivity index (χ1n) is 8.64. The van der Waals surface area contributed by atoms with Gasteiger partial charge < -0.3 is 14.4 Å². The fraction of sp³-hybridized carbons (Fsp3) is 0.526. The highest BCUT2D eigenvalue weighted by atomic mass is 16.6. The molecule has 6 heteroatoms. The second-order valence-corrected chi connectivity index (χ2v) is 6.41. The third-order valence-electron chi connectivity index (χ3n) is 4.17. The molecule has 0 aromatic heterocycles. The SMILES string of the molecule is CCOC(=O)CC(=O)CC1CC(C)CN1C(=O)OCc1ccccc1. The fourth-order valence-corrected chi connectivity index (χ4v) is 3.08. The van der Waals surface area contributed by atoms with Gasteiger partial charge in [-0.25, -0.2) is 4.79 Å². The van der Waals surface area contributed by atoms with E-state index in [1.165, 1.54) is 0 Å². The maximum Gasteiger partial charge on any atom is 0.410 e. The number of hydrogen-bond donors (Lipinski definition) is 0. The summed E-state index contributed by atoms with van der Waals surface area (Å²) >= 11 is 0. The predicted molar refractivity (Wildman–Crippen MR) is 91.8 cm³/mol. The molecule has 1 aliphatic heterocycles. The van der Waals surface area contributed by atoms with E-state index in [4.69, 9.17) is 9.47 Å². The fourth-order valence-electron chi connectivity index (χ4n) is 3.08. The minimum atomic E-state index is -0.517. The van der Waals surface area contributed by atoms with Crippen molar-refractivity contribution < 1.29 is 23.9 Å². The minimum Gasteiger partial charge on any atom is -0.466 e. The molecule has 1 heterocycles. The van der Waals surface area contributed by atoms with E-state index in [-0.39, 0.29) is 37.9 Å². The molecule has 1 saturated heterocycles. The number of benzene rings is 1. The highest BCUT2D eigenvalue weighted by Crippen LogP contribution is 2.26. The number of ether oxygens (including phenoxy) is 2. The summed E-state index contributed by atoms with van der Waals surface area (Å²) in [5.74, 6) is -0.431. The lowest BCUT2D eigenvalue weighted by atomic mass is 10.0. The Morgan fingerprint density at radius 3 is 2.56 bits per heavy atom. The van der Waals surface area contributed by atoms with Gasteiger partial charge in [0.05, 0.1) is 6.61 Å². The topological polar surface area (TPSA) is 72.9 Å². The molecule has 0 N–H and O–H groups in total. The van der Waals surface area contributed by atoms with Crippen LogP contribution in [0.25, 0.3) is 0 Å². The lowest BCUT2D eigenvalue weighted by molar-refractivity contribution is -0.145. The van der Waals surface area contributed by atoms with Crippen LogP contribution in [0, 0.1) is 5.92 Å². The Morgan fingerprint density at radius 1 is 1.16 bits per heavy atom. The van der Waals surface area contributed by atoms with Crippen LogP contribution in [0.2, 0.25) is 0 Å². The lowest BCUT2D eigenvalue weighted by Crippen LogP contribution is -2.37. The Labute approximate surface area is 148 Å². The van der Waals surface area contributed by atoms with Gasteiger partial charge in [0.1, 0.15) is 18.8 Å². The number of rotatable bonds is 7. The molecule has 0 bridgehead atoms. The van der Waals surface area contributed by atoms with Crippen molar-refractivity contribution in [3.8, 4) is 0 Å². The number of carbonyl (C=O) groups is 3. The molecule has 6 nitrogen and oxygen atoms in total. The van der Waals surface area contributed by atoms with Gasteiger partial charge in [-0.05, 0) is 24.8 Å². The van der Waals surface area contributed by atoms with E-state index in [2.05, 4.69) is 0 Å². The molecule has 2 unspecified atom stereocenters. The first-order chi connectivity index (χ1) is 12.0. The Bertz CT molecular complexity index is 601. The van der Waals surface area contributed by atoms with Crippen molar-refractivity contribution in [3.05, 3.63) is 35.9 Å². The van der Waals surface area contributed by atoms with Crippen molar-refractivity contribution in [1.29, 1.82) is 0 Å². The van der Waals surface area contributed by atoms with Gasteiger partial charge in [0.2, 0.25) is 0 Å². The molecule has 0 saturated carbocycles. The Morgan fingerprint density at radius 2 is 1.88 bits per heavy atom. The number of likely N-dealkylation sites (tertiary alicyclic amines) is 1. The summed E-state index contributed by atoms with van der Waals surface area (Å²) in [6.07, 6.45) is 0.228. The maximum absolute atomic E-state index is 12.4. The van der Waals surface area contributed by atoms with Crippen LogP contribution in [-0.4, -0.2) is 41.9 Å². The minimum absolute atomic E-state index is 0.156. The average Bonchev–Trinajstić information content (AvgIpc) is 2.94. The zero-order valence-electron chi connectivity index (χ0n) is 14.8. The van der Waals surface area contributed by atoms with Crippen LogP contribution in [-0.2, 0) is 25.7 Å². The summed E-state index contributed by atoms with van der Waals surface area (Å²) in [6.45, 7) is 4.75. The largest absolute Gasteiger partial charge is 0.466 e. The number of amides is 1. The van der Waals surface area contributed by atoms with Crippen LogP contribution in [0.5, 0.6) is 0 Å². The van der Waals surface area contributed by atoms with Gasteiger partial charge in [-0.3, -0.25) is 9.59 Å². The molecule has 1 aliphatic rings. The molecule has 1 amide bonds. The highest BCUT2D eigenvalue weighted by Gasteiger charge is 2.35. The van der Waals surface area contributed by atoms with Crippen molar-refractivity contribution in [3.63, 3.8) is 0 Å². The van der Waals surface area contributed by atoms with E-state index in [0.717, 1.165) is 12.0 Å². The average molecular weight is 347 g/mol. The van der Waals surface area contributed by atoms with Gasteiger partial charge in [-0.15, -0.1) is 0 Å². The molecule has 1 aromatic rings. The molecule has 1 fully saturated rings. The number of hydrogen-bond acceptors (Lipinski definition) is 5. The molecule has 0 radical (unpaired) electrons. The zero-order chi connectivity index (χ0) is 18.2. The van der Waals surface area contributed by atoms with E-state index in [1.807, 2.05) is 37.3 Å². The molecule has 1 aromatic carbocycles. The van der Waals surface area contributed by atoms with E-state index < -0.39 is 12.1 Å². The summed E-state index contributed by atoms with van der Waals surface area (Å²) < 4.78 is 10.2. The summed E-state index contributed by atoms with van der Waals surface area (Å²) in [6, 6.07) is 9.23. The molecule has 2 rings (SSSR count). The summed E-state index contributed by atoms with van der Waals surface area (Å²) in [5, 5.41) is 0. The first-order valence-corrected chi connectivity index (χ1v) is 8.64. The number of nitrogens with zero attached hydrogens (tertiary/aromatic N) is 1. The summed E-state index contributed by atoms with van der Waals surface area (Å²) in [4.78, 5) is 37.5. The van der Waals surface area contributed by atoms with Gasteiger partial charge in [0, 0.05) is 19.0 Å². The van der Waals surface area contributed by atoms with Gasteiger partial charge >= 0.3 is 12.1 Å². The predicted octanol–water partition coefficient (Wildman–Crippen LogP) is 2.95. The van der Waals surface area contributed by atoms with Crippen molar-refractivity contribution in [2.45, 2.75) is 45.8 Å². The Hall–Kier alpha value is -2.37. The van der Waals surface area contributed by atoms with E-state index >= 15 is 0 Å². The van der Waals surface area contributed by atoms with E-state index in [0.29, 0.717) is 12.5 Å². The molecule has 2 atom stereocenters. The van der Waals surface area contributed by atoms with Crippen molar-refractivity contribution in [1.82, 2.24) is 4.90 Å². The molecule has 25 heavy (non-hydrogen) atoms. The molecule has 136 valence electrons. The standard InChI is InChI=1S/C19H25NO5/c1-3-24-18(22)11-17(21)10-16-9-14(2)12-20(16)19(23)25-13-15-7-5-4-6-8-15/h4-8,14,16H,3,9-13H2,1-2H3. The number of ketones is 1. The van der Waals surface area contributed by atoms with Crippen molar-refractivity contribution >= 4 is 17.8 Å². The van der Waals surface area contributed by atoms with Gasteiger partial charge in [0.15, 0.2) is 0 Å². The van der Waals surface area contributed by atoms with Crippen LogP contribution in [0.15, 0.2) is 30.3 Å². The number of carbonyl (C=O) groups excluding carboxylic acids is 3. The van der Waals surface area contributed by atoms with Crippen molar-refractivity contribution in [2.24, 2.45) is 5.92 Å². The van der Waals surface area contributed by atoms with E-state index in [9.17, 15) is 14.4 Å². The second-order valence-electron chi connectivity index (χ2n) is 6.41.